The monoisotopic (exact) mass is 486 g/mol. The summed E-state index contributed by atoms with van der Waals surface area (Å²) in [5.74, 6) is -13.2. The number of aliphatic hydroxyl groups is 1. The lowest BCUT2D eigenvalue weighted by atomic mass is 9.79. The molecule has 1 heterocycles. The maximum atomic E-state index is 14.3. The molecule has 0 radical (unpaired) electrons. The van der Waals surface area contributed by atoms with Gasteiger partial charge in [0.2, 0.25) is 0 Å². The molecule has 0 unspecified atom stereocenters. The highest BCUT2D eigenvalue weighted by Crippen LogP contribution is 2.51. The molecule has 1 aliphatic heterocycles. The van der Waals surface area contributed by atoms with E-state index in [9.17, 15) is 40.6 Å². The van der Waals surface area contributed by atoms with Gasteiger partial charge in [-0.25, -0.2) is 0 Å². The molecule has 1 N–H and O–H groups in total. The molecule has 0 spiro atoms. The Labute approximate surface area is 186 Å². The fourth-order valence-corrected chi connectivity index (χ4v) is 3.51. The molecule has 0 aromatic heterocycles. The summed E-state index contributed by atoms with van der Waals surface area (Å²) in [6.07, 6.45) is -8.00. The van der Waals surface area contributed by atoms with Crippen LogP contribution in [0, 0.1) is 26.2 Å². The van der Waals surface area contributed by atoms with Gasteiger partial charge < -0.3 is 9.84 Å². The molecule has 186 valence electrons. The van der Waals surface area contributed by atoms with E-state index in [1.165, 1.54) is 20.8 Å². The van der Waals surface area contributed by atoms with Crippen LogP contribution in [0.5, 0.6) is 5.75 Å². The molecule has 33 heavy (non-hydrogen) atoms. The van der Waals surface area contributed by atoms with Crippen molar-refractivity contribution in [3.63, 3.8) is 0 Å². The van der Waals surface area contributed by atoms with Crippen LogP contribution in [0.15, 0.2) is 17.2 Å². The van der Waals surface area contributed by atoms with Crippen molar-refractivity contribution in [3.05, 3.63) is 28.8 Å². The highest BCUT2D eigenvalue weighted by Gasteiger charge is 2.76. The van der Waals surface area contributed by atoms with Crippen molar-refractivity contribution in [2.75, 3.05) is 6.61 Å². The Morgan fingerprint density at radius 3 is 1.97 bits per heavy atom. The summed E-state index contributed by atoms with van der Waals surface area (Å²) in [6.45, 7) is 8.26. The van der Waals surface area contributed by atoms with E-state index < -0.39 is 53.8 Å². The molecule has 1 aromatic rings. The SMILES string of the molecule is Cc1cc(C)c(OCC(=O)N2N=C(C(F)(F)C(F)(F)C(F)(F)F)C[C@@]2(O)C(C)(C)C)c(C)c1. The first-order chi connectivity index (χ1) is 14.7. The number of rotatable bonds is 5. The Morgan fingerprint density at radius 2 is 1.55 bits per heavy atom. The van der Waals surface area contributed by atoms with Crippen LogP contribution >= 0.6 is 0 Å². The van der Waals surface area contributed by atoms with Gasteiger partial charge in [0.25, 0.3) is 5.91 Å². The zero-order valence-corrected chi connectivity index (χ0v) is 18.9. The number of benzene rings is 1. The first-order valence-electron chi connectivity index (χ1n) is 9.83. The highest BCUT2D eigenvalue weighted by atomic mass is 19.4. The van der Waals surface area contributed by atoms with Gasteiger partial charge in [0, 0.05) is 11.8 Å². The summed E-state index contributed by atoms with van der Waals surface area (Å²) in [7, 11) is 0. The highest BCUT2D eigenvalue weighted by molar-refractivity contribution is 5.96. The molecular formula is C21H25F7N2O3. The quantitative estimate of drug-likeness (QED) is 0.586. The standard InChI is InChI=1S/C21H25F7N2O3/c1-11-7-12(2)16(13(3)8-11)33-10-15(31)30-18(32,17(4,5)6)9-14(29-30)19(22,23)20(24,25)21(26,27)28/h7-8,32H,9-10H2,1-6H3/t18-/m1/s1. The smallest absolute Gasteiger partial charge is 0.460 e. The van der Waals surface area contributed by atoms with Gasteiger partial charge in [-0.05, 0) is 31.9 Å². The Morgan fingerprint density at radius 1 is 1.06 bits per heavy atom. The Hall–Kier alpha value is -2.37. The number of amides is 1. The number of hydrazone groups is 1. The summed E-state index contributed by atoms with van der Waals surface area (Å²) in [5.41, 5.74) is -3.81. The van der Waals surface area contributed by atoms with Crippen LogP contribution in [-0.4, -0.2) is 52.1 Å². The van der Waals surface area contributed by atoms with Crippen LogP contribution < -0.4 is 4.74 Å². The minimum atomic E-state index is -6.58. The largest absolute Gasteiger partial charge is 0.483 e. The summed E-state index contributed by atoms with van der Waals surface area (Å²) in [4.78, 5) is 12.8. The van der Waals surface area contributed by atoms with Crippen LogP contribution in [-0.2, 0) is 4.79 Å². The number of hydrogen-bond donors (Lipinski definition) is 1. The van der Waals surface area contributed by atoms with Crippen LogP contribution in [0.25, 0.3) is 0 Å². The number of carbonyl (C=O) groups excluding carboxylic acids is 1. The zero-order chi connectivity index (χ0) is 25.8. The summed E-state index contributed by atoms with van der Waals surface area (Å²) < 4.78 is 99.0. The average Bonchev–Trinajstić information content (AvgIpc) is 2.99. The number of carbonyl (C=O) groups is 1. The van der Waals surface area contributed by atoms with Gasteiger partial charge in [-0.1, -0.05) is 38.5 Å². The maximum absolute atomic E-state index is 14.3. The van der Waals surface area contributed by atoms with Crippen molar-refractivity contribution < 1.29 is 45.4 Å². The number of alkyl halides is 7. The van der Waals surface area contributed by atoms with Crippen molar-refractivity contribution in [2.24, 2.45) is 10.5 Å². The van der Waals surface area contributed by atoms with E-state index in [2.05, 4.69) is 5.10 Å². The number of halogens is 7. The fraction of sp³-hybridized carbons (Fsp3) is 0.619. The van der Waals surface area contributed by atoms with Gasteiger partial charge in [-0.2, -0.15) is 40.8 Å². The lowest BCUT2D eigenvalue weighted by Gasteiger charge is -2.41. The second kappa shape index (κ2) is 8.14. The van der Waals surface area contributed by atoms with Gasteiger partial charge >= 0.3 is 18.0 Å². The molecule has 1 amide bonds. The van der Waals surface area contributed by atoms with Gasteiger partial charge in [0.05, 0.1) is 0 Å². The number of aryl methyl sites for hydroxylation is 3. The van der Waals surface area contributed by atoms with Gasteiger partial charge in [-0.15, -0.1) is 0 Å². The van der Waals surface area contributed by atoms with Crippen molar-refractivity contribution in [1.82, 2.24) is 5.01 Å². The Balaban J connectivity index is 2.43. The van der Waals surface area contributed by atoms with E-state index in [0.29, 0.717) is 16.9 Å². The minimum absolute atomic E-state index is 0.113. The number of hydrogen-bond acceptors (Lipinski definition) is 4. The maximum Gasteiger partial charge on any atom is 0.460 e. The lowest BCUT2D eigenvalue weighted by molar-refractivity contribution is -0.336. The first-order valence-corrected chi connectivity index (χ1v) is 9.83. The van der Waals surface area contributed by atoms with E-state index in [1.807, 2.05) is 6.92 Å². The predicted octanol–water partition coefficient (Wildman–Crippen LogP) is 5.15. The van der Waals surface area contributed by atoms with Gasteiger partial charge in [-0.3, -0.25) is 4.79 Å². The Bertz CT molecular complexity index is 945. The van der Waals surface area contributed by atoms with E-state index in [-0.39, 0.29) is 5.01 Å². The molecule has 1 aliphatic rings. The van der Waals surface area contributed by atoms with Crippen molar-refractivity contribution >= 4 is 11.6 Å². The third-order valence-corrected chi connectivity index (χ3v) is 5.48. The van der Waals surface area contributed by atoms with E-state index in [4.69, 9.17) is 4.74 Å². The molecular weight excluding hydrogens is 461 g/mol. The molecule has 0 bridgehead atoms. The minimum Gasteiger partial charge on any atom is -0.483 e. The van der Waals surface area contributed by atoms with E-state index in [0.717, 1.165) is 5.56 Å². The van der Waals surface area contributed by atoms with Crippen LogP contribution in [0.1, 0.15) is 43.9 Å². The van der Waals surface area contributed by atoms with Crippen molar-refractivity contribution in [2.45, 2.75) is 71.7 Å². The summed E-state index contributed by atoms with van der Waals surface area (Å²) in [5, 5.41) is 14.2. The molecule has 0 saturated carbocycles. The number of nitrogens with zero attached hydrogens (tertiary/aromatic N) is 2. The lowest BCUT2D eigenvalue weighted by Crippen LogP contribution is -2.58. The molecule has 0 aliphatic carbocycles. The third kappa shape index (κ3) is 4.53. The van der Waals surface area contributed by atoms with Crippen LogP contribution in [0.2, 0.25) is 0 Å². The third-order valence-electron chi connectivity index (χ3n) is 5.48. The predicted molar refractivity (Wildman–Crippen MR) is 105 cm³/mol. The van der Waals surface area contributed by atoms with Crippen molar-refractivity contribution in [3.8, 4) is 5.75 Å². The second-order valence-corrected chi connectivity index (χ2v) is 9.16. The summed E-state index contributed by atoms with van der Waals surface area (Å²) in [6, 6.07) is 3.51. The molecule has 0 saturated heterocycles. The molecule has 12 heteroatoms. The molecule has 2 rings (SSSR count). The zero-order valence-electron chi connectivity index (χ0n) is 18.9. The van der Waals surface area contributed by atoms with E-state index in [1.54, 1.807) is 26.0 Å². The Kier molecular flexibility index (Phi) is 6.63. The molecule has 5 nitrogen and oxygen atoms in total. The van der Waals surface area contributed by atoms with Gasteiger partial charge in [0.1, 0.15) is 11.5 Å². The molecule has 0 fully saturated rings. The van der Waals surface area contributed by atoms with Crippen LogP contribution in [0.3, 0.4) is 0 Å². The normalized spacial score (nSPS) is 20.2. The number of ether oxygens (including phenoxy) is 1. The second-order valence-electron chi connectivity index (χ2n) is 9.16. The first kappa shape index (κ1) is 26.9. The molecule has 1 aromatic carbocycles. The van der Waals surface area contributed by atoms with Crippen LogP contribution in [0.4, 0.5) is 30.7 Å². The van der Waals surface area contributed by atoms with E-state index >= 15 is 0 Å². The summed E-state index contributed by atoms with van der Waals surface area (Å²) >= 11 is 0. The van der Waals surface area contributed by atoms with Gasteiger partial charge in [0.15, 0.2) is 12.3 Å². The fourth-order valence-electron chi connectivity index (χ4n) is 3.51. The van der Waals surface area contributed by atoms with Crippen molar-refractivity contribution in [1.29, 1.82) is 0 Å². The topological polar surface area (TPSA) is 62.1 Å². The molecule has 1 atom stereocenters. The average molecular weight is 486 g/mol.